The minimum Gasteiger partial charge on any atom is -0.312 e. The van der Waals surface area contributed by atoms with Gasteiger partial charge in [-0.25, -0.2) is 0 Å². The number of rotatable bonds is 3. The zero-order valence-electron chi connectivity index (χ0n) is 9.81. The van der Waals surface area contributed by atoms with Crippen LogP contribution < -0.4 is 10.2 Å². The molecular formula is C13H15N3O. The molecule has 1 atom stereocenters. The highest BCUT2D eigenvalue weighted by molar-refractivity contribution is 5.97. The third kappa shape index (κ3) is 2.29. The van der Waals surface area contributed by atoms with Crippen LogP contribution in [0.4, 0.5) is 5.69 Å². The number of anilines is 1. The van der Waals surface area contributed by atoms with Crippen molar-refractivity contribution in [2.45, 2.75) is 19.4 Å². The highest BCUT2D eigenvalue weighted by Crippen LogP contribution is 2.24. The molecule has 4 nitrogen and oxygen atoms in total. The number of para-hydroxylation sites is 1. The van der Waals surface area contributed by atoms with Crippen molar-refractivity contribution in [1.82, 2.24) is 5.32 Å². The van der Waals surface area contributed by atoms with Crippen molar-refractivity contribution >= 4 is 11.6 Å². The molecule has 1 fully saturated rings. The summed E-state index contributed by atoms with van der Waals surface area (Å²) in [6.07, 6.45) is 0.508. The Kier molecular flexibility index (Phi) is 3.40. The van der Waals surface area contributed by atoms with Gasteiger partial charge in [-0.15, -0.1) is 0 Å². The van der Waals surface area contributed by atoms with Crippen LogP contribution in [-0.4, -0.2) is 25.0 Å². The van der Waals surface area contributed by atoms with E-state index in [2.05, 4.69) is 11.4 Å². The van der Waals surface area contributed by atoms with Crippen LogP contribution in [0.3, 0.4) is 0 Å². The Morgan fingerprint density at radius 1 is 1.53 bits per heavy atom. The second-order valence-electron chi connectivity index (χ2n) is 4.09. The molecule has 88 valence electrons. The number of carbonyl (C=O) groups excluding carboxylic acids is 1. The number of hydrogen-bond donors (Lipinski definition) is 1. The van der Waals surface area contributed by atoms with Gasteiger partial charge < -0.3 is 10.2 Å². The van der Waals surface area contributed by atoms with Gasteiger partial charge in [-0.05, 0) is 18.7 Å². The van der Waals surface area contributed by atoms with Gasteiger partial charge in [-0.3, -0.25) is 4.79 Å². The predicted molar refractivity (Wildman–Crippen MR) is 65.6 cm³/mol. The summed E-state index contributed by atoms with van der Waals surface area (Å²) < 4.78 is 0. The molecule has 4 heteroatoms. The summed E-state index contributed by atoms with van der Waals surface area (Å²) in [4.78, 5) is 13.6. The van der Waals surface area contributed by atoms with E-state index in [0.29, 0.717) is 18.5 Å². The second kappa shape index (κ2) is 4.98. The zero-order chi connectivity index (χ0) is 12.3. The maximum Gasteiger partial charge on any atom is 0.228 e. The highest BCUT2D eigenvalue weighted by atomic mass is 16.2. The largest absolute Gasteiger partial charge is 0.312 e. The quantitative estimate of drug-likeness (QED) is 0.849. The number of likely N-dealkylation sites (N-methyl/N-ethyl adjacent to an activating group) is 1. The molecule has 0 aliphatic carbocycles. The van der Waals surface area contributed by atoms with E-state index in [4.69, 9.17) is 5.26 Å². The summed E-state index contributed by atoms with van der Waals surface area (Å²) in [5.41, 5.74) is 1.28. The molecule has 1 N–H and O–H groups in total. The monoisotopic (exact) mass is 229 g/mol. The molecule has 1 aliphatic rings. The van der Waals surface area contributed by atoms with Gasteiger partial charge in [-0.1, -0.05) is 19.1 Å². The van der Waals surface area contributed by atoms with Crippen LogP contribution in [-0.2, 0) is 4.79 Å². The Bertz CT molecular complexity index is 464. The number of nitriles is 1. The van der Waals surface area contributed by atoms with Gasteiger partial charge in [0.05, 0.1) is 11.3 Å². The second-order valence-corrected chi connectivity index (χ2v) is 4.09. The Labute approximate surface area is 101 Å². The van der Waals surface area contributed by atoms with Gasteiger partial charge in [0.25, 0.3) is 0 Å². The van der Waals surface area contributed by atoms with Crippen LogP contribution in [0.2, 0.25) is 0 Å². The maximum atomic E-state index is 11.9. The molecule has 0 spiro atoms. The summed E-state index contributed by atoms with van der Waals surface area (Å²) in [6, 6.07) is 9.54. The summed E-state index contributed by atoms with van der Waals surface area (Å²) >= 11 is 0. The third-order valence-corrected chi connectivity index (χ3v) is 2.93. The van der Waals surface area contributed by atoms with E-state index in [1.165, 1.54) is 0 Å². The van der Waals surface area contributed by atoms with Crippen LogP contribution in [0.15, 0.2) is 24.3 Å². The first-order valence-electron chi connectivity index (χ1n) is 5.79. The first kappa shape index (κ1) is 11.6. The SMILES string of the molecule is CCNC1CC(=O)N(c2ccccc2C#N)C1. The number of amides is 1. The molecule has 0 aromatic heterocycles. The average molecular weight is 229 g/mol. The molecule has 1 amide bonds. The van der Waals surface area contributed by atoms with Gasteiger partial charge in [0.2, 0.25) is 5.91 Å². The Hall–Kier alpha value is -1.86. The van der Waals surface area contributed by atoms with Crippen LogP contribution >= 0.6 is 0 Å². The number of nitrogens with one attached hydrogen (secondary N) is 1. The fourth-order valence-electron chi connectivity index (χ4n) is 2.17. The molecular weight excluding hydrogens is 214 g/mol. The number of hydrogen-bond acceptors (Lipinski definition) is 3. The van der Waals surface area contributed by atoms with Crippen molar-refractivity contribution in [2.75, 3.05) is 18.0 Å². The van der Waals surface area contributed by atoms with Gasteiger partial charge >= 0.3 is 0 Å². The molecule has 0 saturated carbocycles. The molecule has 2 rings (SSSR count). The lowest BCUT2D eigenvalue weighted by atomic mass is 10.2. The molecule has 1 heterocycles. The minimum absolute atomic E-state index is 0.0821. The standard InChI is InChI=1S/C13H15N3O/c1-2-15-11-7-13(17)16(9-11)12-6-4-3-5-10(12)8-14/h3-6,11,15H,2,7,9H2,1H3. The lowest BCUT2D eigenvalue weighted by Gasteiger charge is -2.18. The predicted octanol–water partition coefficient (Wildman–Crippen LogP) is 1.27. The molecule has 1 unspecified atom stereocenters. The van der Waals surface area contributed by atoms with E-state index in [1.54, 1.807) is 11.0 Å². The number of benzene rings is 1. The van der Waals surface area contributed by atoms with Crippen molar-refractivity contribution in [3.05, 3.63) is 29.8 Å². The van der Waals surface area contributed by atoms with Crippen molar-refractivity contribution in [2.24, 2.45) is 0 Å². The van der Waals surface area contributed by atoms with Crippen molar-refractivity contribution < 1.29 is 4.79 Å². The molecule has 1 aromatic carbocycles. The van der Waals surface area contributed by atoms with E-state index in [0.717, 1.165) is 12.2 Å². The molecule has 0 bridgehead atoms. The lowest BCUT2D eigenvalue weighted by Crippen LogP contribution is -2.32. The third-order valence-electron chi connectivity index (χ3n) is 2.93. The minimum atomic E-state index is 0.0821. The smallest absolute Gasteiger partial charge is 0.228 e. The Morgan fingerprint density at radius 2 is 2.29 bits per heavy atom. The molecule has 1 saturated heterocycles. The summed E-state index contributed by atoms with van der Waals surface area (Å²) in [5, 5.41) is 12.3. The maximum absolute atomic E-state index is 11.9. The van der Waals surface area contributed by atoms with E-state index in [9.17, 15) is 4.79 Å². The van der Waals surface area contributed by atoms with E-state index < -0.39 is 0 Å². The fraction of sp³-hybridized carbons (Fsp3) is 0.385. The topological polar surface area (TPSA) is 56.1 Å². The first-order valence-corrected chi connectivity index (χ1v) is 5.79. The van der Waals surface area contributed by atoms with Gasteiger partial charge in [0.1, 0.15) is 6.07 Å². The summed E-state index contributed by atoms with van der Waals surface area (Å²) in [6.45, 7) is 3.52. The van der Waals surface area contributed by atoms with Crippen molar-refractivity contribution in [1.29, 1.82) is 5.26 Å². The van der Waals surface area contributed by atoms with Gasteiger partial charge in [0.15, 0.2) is 0 Å². The molecule has 1 aliphatic heterocycles. The van der Waals surface area contributed by atoms with Gasteiger partial charge in [0, 0.05) is 19.0 Å². The van der Waals surface area contributed by atoms with Gasteiger partial charge in [-0.2, -0.15) is 5.26 Å². The number of nitrogens with zero attached hydrogens (tertiary/aromatic N) is 2. The van der Waals surface area contributed by atoms with Crippen LogP contribution in [0.1, 0.15) is 18.9 Å². The van der Waals surface area contributed by atoms with E-state index in [-0.39, 0.29) is 11.9 Å². The molecule has 17 heavy (non-hydrogen) atoms. The number of carbonyl (C=O) groups is 1. The zero-order valence-corrected chi connectivity index (χ0v) is 9.81. The Morgan fingerprint density at radius 3 is 3.00 bits per heavy atom. The summed E-state index contributed by atoms with van der Waals surface area (Å²) in [7, 11) is 0. The first-order chi connectivity index (χ1) is 8.26. The van der Waals surface area contributed by atoms with Crippen LogP contribution in [0, 0.1) is 11.3 Å². The summed E-state index contributed by atoms with van der Waals surface area (Å²) in [5.74, 6) is 0.0821. The van der Waals surface area contributed by atoms with Crippen molar-refractivity contribution in [3.63, 3.8) is 0 Å². The fourth-order valence-corrected chi connectivity index (χ4v) is 2.17. The Balaban J connectivity index is 2.23. The average Bonchev–Trinajstić information content (AvgIpc) is 2.70. The highest BCUT2D eigenvalue weighted by Gasteiger charge is 2.30. The lowest BCUT2D eigenvalue weighted by molar-refractivity contribution is -0.117. The molecule has 1 aromatic rings. The van der Waals surface area contributed by atoms with E-state index >= 15 is 0 Å². The van der Waals surface area contributed by atoms with E-state index in [1.807, 2.05) is 25.1 Å². The van der Waals surface area contributed by atoms with Crippen LogP contribution in [0.25, 0.3) is 0 Å². The molecule has 0 radical (unpaired) electrons. The van der Waals surface area contributed by atoms with Crippen LogP contribution in [0.5, 0.6) is 0 Å². The normalized spacial score (nSPS) is 19.4. The van der Waals surface area contributed by atoms with Crippen molar-refractivity contribution in [3.8, 4) is 6.07 Å².